The number of hydrogen-bond acceptors (Lipinski definition) is 6. The number of carboxylic acid groups (broad SMARTS) is 1. The highest BCUT2D eigenvalue weighted by atomic mass is 16.6. The molecule has 0 aliphatic heterocycles. The summed E-state index contributed by atoms with van der Waals surface area (Å²) >= 11 is 0. The molecule has 0 saturated carbocycles. The number of likely N-dealkylation sites (N-methyl/N-ethyl adjacent to an activating group) is 1. The van der Waals surface area contributed by atoms with Crippen molar-refractivity contribution in [1.82, 2.24) is 0 Å². The summed E-state index contributed by atoms with van der Waals surface area (Å²) in [7, 11) is 5.50. The molecule has 2 atom stereocenters. The van der Waals surface area contributed by atoms with Crippen molar-refractivity contribution in [3.05, 3.63) is 85.1 Å². The van der Waals surface area contributed by atoms with E-state index >= 15 is 0 Å². The number of nitrogens with zero attached hydrogens (tertiary/aromatic N) is 1. The molecule has 0 saturated heterocycles. The zero-order valence-electron chi connectivity index (χ0n) is 35.3. The zero-order chi connectivity index (χ0) is 40.7. The number of rotatable bonds is 36. The summed E-state index contributed by atoms with van der Waals surface area (Å²) in [6.07, 6.45) is 47.6. The Labute approximate surface area is 335 Å². The van der Waals surface area contributed by atoms with Crippen LogP contribution in [0.2, 0.25) is 0 Å². The topological polar surface area (TPSA) is 99.1 Å². The summed E-state index contributed by atoms with van der Waals surface area (Å²) in [6.45, 7) is 4.52. The lowest BCUT2D eigenvalue weighted by Crippen LogP contribution is -2.50. The van der Waals surface area contributed by atoms with E-state index in [1.807, 2.05) is 94.1 Å². The first kappa shape index (κ1) is 51.5. The average Bonchev–Trinajstić information content (AvgIpc) is 3.14. The second kappa shape index (κ2) is 37.4. The molecule has 0 aliphatic carbocycles. The van der Waals surface area contributed by atoms with E-state index in [4.69, 9.17) is 14.2 Å². The average molecular weight is 769 g/mol. The second-order valence-corrected chi connectivity index (χ2v) is 15.1. The van der Waals surface area contributed by atoms with Gasteiger partial charge in [-0.15, -0.1) is 0 Å². The first-order valence-corrected chi connectivity index (χ1v) is 21.2. The third-order valence-corrected chi connectivity index (χ3v) is 9.00. The maximum atomic E-state index is 12.7. The number of hydrogen-bond donors (Lipinski definition) is 1. The molecule has 312 valence electrons. The van der Waals surface area contributed by atoms with Gasteiger partial charge in [-0.1, -0.05) is 176 Å². The largest absolute Gasteiger partial charge is 0.477 e. The Bertz CT molecular complexity index is 1170. The molecule has 55 heavy (non-hydrogen) atoms. The van der Waals surface area contributed by atoms with Gasteiger partial charge in [0.25, 0.3) is 0 Å². The molecule has 0 aromatic heterocycles. The van der Waals surface area contributed by atoms with Gasteiger partial charge in [0.15, 0.2) is 12.1 Å². The minimum absolute atomic E-state index is 0.0384. The summed E-state index contributed by atoms with van der Waals surface area (Å²) in [5, 5.41) is 9.61. The Morgan fingerprint density at radius 3 is 1.51 bits per heavy atom. The van der Waals surface area contributed by atoms with Crippen LogP contribution >= 0.6 is 0 Å². The van der Waals surface area contributed by atoms with Crippen molar-refractivity contribution < 1.29 is 38.2 Å². The maximum absolute atomic E-state index is 12.7. The van der Waals surface area contributed by atoms with Crippen LogP contribution in [0, 0.1) is 0 Å². The van der Waals surface area contributed by atoms with E-state index < -0.39 is 18.1 Å². The van der Waals surface area contributed by atoms with E-state index in [1.54, 1.807) is 0 Å². The summed E-state index contributed by atoms with van der Waals surface area (Å²) in [5.74, 6) is -1.54. The standard InChI is InChI=1S/C47H77NO7/c1-6-8-10-12-14-16-18-20-21-22-23-24-25-26-28-30-32-34-36-38-46(50)55-43(41-53-40-39-44(47(51)52)48(3,4)5)42-54-45(49)37-35-33-31-29-27-19-17-15-13-11-9-7-2/h8,10,12,14,16,18,20-26,28,43-44H,6-7,9,11,13,15,17,19,27,29-42H2,1-5H3/p+1/b10-8+,14-12+,18-16+,21-20+,23-22+,25-24+,28-26+. The van der Waals surface area contributed by atoms with Gasteiger partial charge in [-0.3, -0.25) is 9.59 Å². The third-order valence-electron chi connectivity index (χ3n) is 9.00. The molecule has 0 radical (unpaired) electrons. The number of quaternary nitrogens is 1. The van der Waals surface area contributed by atoms with Crippen LogP contribution in [0.3, 0.4) is 0 Å². The minimum atomic E-state index is -0.887. The lowest BCUT2D eigenvalue weighted by molar-refractivity contribution is -0.887. The van der Waals surface area contributed by atoms with Crippen molar-refractivity contribution in [2.24, 2.45) is 0 Å². The summed E-state index contributed by atoms with van der Waals surface area (Å²) < 4.78 is 17.2. The highest BCUT2D eigenvalue weighted by Gasteiger charge is 2.31. The Hall–Kier alpha value is -3.49. The molecule has 0 spiro atoms. The third kappa shape index (κ3) is 35.9. The van der Waals surface area contributed by atoms with Crippen molar-refractivity contribution in [2.75, 3.05) is 41.0 Å². The van der Waals surface area contributed by atoms with Crippen LogP contribution in [0.1, 0.15) is 142 Å². The number of allylic oxidation sites excluding steroid dienone is 14. The van der Waals surface area contributed by atoms with Crippen LogP contribution in [0.5, 0.6) is 0 Å². The van der Waals surface area contributed by atoms with Crippen molar-refractivity contribution >= 4 is 17.9 Å². The van der Waals surface area contributed by atoms with E-state index in [2.05, 4.69) is 26.0 Å². The van der Waals surface area contributed by atoms with Crippen molar-refractivity contribution in [3.8, 4) is 0 Å². The Kier molecular flexibility index (Phi) is 35.1. The van der Waals surface area contributed by atoms with Gasteiger partial charge in [-0.25, -0.2) is 4.79 Å². The van der Waals surface area contributed by atoms with Gasteiger partial charge in [0.1, 0.15) is 6.61 Å². The number of unbranched alkanes of at least 4 members (excludes halogenated alkanes) is 14. The number of aliphatic carboxylic acids is 1. The zero-order valence-corrected chi connectivity index (χ0v) is 35.3. The summed E-state index contributed by atoms with van der Waals surface area (Å²) in [6, 6.07) is -0.626. The molecule has 2 unspecified atom stereocenters. The van der Waals surface area contributed by atoms with Crippen LogP contribution in [0.4, 0.5) is 0 Å². The monoisotopic (exact) mass is 769 g/mol. The normalized spacial score (nSPS) is 13.8. The SMILES string of the molecule is CC/C=C/C=C/C=C/C=C/C=C/C=C/C=C/CCCCCC(=O)OC(COCCC(C(=O)O)[N+](C)(C)C)COC(=O)CCCCCCCCCCCCCC. The van der Waals surface area contributed by atoms with Crippen LogP contribution in [0.25, 0.3) is 0 Å². The molecule has 0 amide bonds. The van der Waals surface area contributed by atoms with E-state index in [1.165, 1.54) is 57.8 Å². The molecular weight excluding hydrogens is 691 g/mol. The number of ether oxygens (including phenoxy) is 3. The molecule has 0 bridgehead atoms. The molecule has 0 aromatic carbocycles. The fourth-order valence-electron chi connectivity index (χ4n) is 5.72. The van der Waals surface area contributed by atoms with Gasteiger partial charge in [0, 0.05) is 19.3 Å². The predicted octanol–water partition coefficient (Wildman–Crippen LogP) is 11.4. The van der Waals surface area contributed by atoms with Gasteiger partial charge in [0.2, 0.25) is 0 Å². The highest BCUT2D eigenvalue weighted by molar-refractivity contribution is 5.72. The molecule has 0 heterocycles. The van der Waals surface area contributed by atoms with Crippen molar-refractivity contribution in [2.45, 2.75) is 154 Å². The molecule has 8 heteroatoms. The Morgan fingerprint density at radius 1 is 0.564 bits per heavy atom. The smallest absolute Gasteiger partial charge is 0.362 e. The number of carbonyl (C=O) groups excluding carboxylic acids is 2. The van der Waals surface area contributed by atoms with Crippen LogP contribution < -0.4 is 0 Å². The van der Waals surface area contributed by atoms with Gasteiger partial charge >= 0.3 is 17.9 Å². The number of carbonyl (C=O) groups is 3. The lowest BCUT2D eigenvalue weighted by atomic mass is 10.0. The molecule has 0 fully saturated rings. The molecule has 0 aromatic rings. The van der Waals surface area contributed by atoms with Crippen LogP contribution in [-0.2, 0) is 28.6 Å². The first-order valence-electron chi connectivity index (χ1n) is 21.2. The van der Waals surface area contributed by atoms with E-state index in [-0.39, 0.29) is 42.7 Å². The number of carboxylic acids is 1. The maximum Gasteiger partial charge on any atom is 0.362 e. The molecule has 8 nitrogen and oxygen atoms in total. The van der Waals surface area contributed by atoms with E-state index in [0.29, 0.717) is 19.3 Å². The quantitative estimate of drug-likeness (QED) is 0.0293. The van der Waals surface area contributed by atoms with Crippen LogP contribution in [-0.4, -0.2) is 80.6 Å². The molecule has 0 rings (SSSR count). The highest BCUT2D eigenvalue weighted by Crippen LogP contribution is 2.14. The fraction of sp³-hybridized carbons (Fsp3) is 0.638. The molecule has 1 N–H and O–H groups in total. The van der Waals surface area contributed by atoms with Gasteiger partial charge in [0.05, 0.1) is 34.4 Å². The Balaban J connectivity index is 4.51. The van der Waals surface area contributed by atoms with Gasteiger partial charge in [-0.05, 0) is 32.1 Å². The fourth-order valence-corrected chi connectivity index (χ4v) is 5.72. The Morgan fingerprint density at radius 2 is 1.02 bits per heavy atom. The molecule has 0 aliphatic rings. The molecular formula is C47H78NO7+. The van der Waals surface area contributed by atoms with E-state index in [9.17, 15) is 19.5 Å². The van der Waals surface area contributed by atoms with E-state index in [0.717, 1.165) is 44.9 Å². The minimum Gasteiger partial charge on any atom is -0.477 e. The van der Waals surface area contributed by atoms with Gasteiger partial charge < -0.3 is 23.8 Å². The predicted molar refractivity (Wildman–Crippen MR) is 229 cm³/mol. The first-order chi connectivity index (χ1) is 26.6. The number of esters is 2. The lowest BCUT2D eigenvalue weighted by Gasteiger charge is -2.31. The summed E-state index contributed by atoms with van der Waals surface area (Å²) in [5.41, 5.74) is 0. The van der Waals surface area contributed by atoms with Crippen LogP contribution in [0.15, 0.2) is 85.1 Å². The van der Waals surface area contributed by atoms with Crippen molar-refractivity contribution in [1.29, 1.82) is 0 Å². The summed E-state index contributed by atoms with van der Waals surface area (Å²) in [4.78, 5) is 36.9. The van der Waals surface area contributed by atoms with Crippen molar-refractivity contribution in [3.63, 3.8) is 0 Å². The van der Waals surface area contributed by atoms with Gasteiger partial charge in [-0.2, -0.15) is 0 Å². The second-order valence-electron chi connectivity index (χ2n) is 15.1.